The van der Waals surface area contributed by atoms with E-state index in [0.29, 0.717) is 6.61 Å². The molecule has 0 aromatic carbocycles. The van der Waals surface area contributed by atoms with Crippen molar-refractivity contribution >= 4 is 6.29 Å². The summed E-state index contributed by atoms with van der Waals surface area (Å²) in [5, 5.41) is 0. The lowest BCUT2D eigenvalue weighted by Crippen LogP contribution is -2.09. The number of carbonyl (C=O) groups is 1. The summed E-state index contributed by atoms with van der Waals surface area (Å²) in [6.07, 6.45) is 3.50. The van der Waals surface area contributed by atoms with E-state index in [2.05, 4.69) is 4.98 Å². The van der Waals surface area contributed by atoms with E-state index in [0.717, 1.165) is 36.1 Å². The third-order valence-corrected chi connectivity index (χ3v) is 1.98. The van der Waals surface area contributed by atoms with Crippen LogP contribution < -0.4 is 0 Å². The SMILES string of the molecule is O=Cc1c[nH]c2c1COCC2. The average Bonchev–Trinajstić information content (AvgIpc) is 2.47. The number of aldehydes is 1. The summed E-state index contributed by atoms with van der Waals surface area (Å²) in [4.78, 5) is 13.5. The lowest BCUT2D eigenvalue weighted by atomic mass is 10.1. The lowest BCUT2D eigenvalue weighted by molar-refractivity contribution is 0.105. The summed E-state index contributed by atoms with van der Waals surface area (Å²) in [5.41, 5.74) is 2.92. The summed E-state index contributed by atoms with van der Waals surface area (Å²) in [5.74, 6) is 0. The quantitative estimate of drug-likeness (QED) is 0.606. The van der Waals surface area contributed by atoms with Crippen LogP contribution in [0.1, 0.15) is 21.6 Å². The van der Waals surface area contributed by atoms with Crippen LogP contribution >= 0.6 is 0 Å². The van der Waals surface area contributed by atoms with Gasteiger partial charge in [-0.25, -0.2) is 0 Å². The third kappa shape index (κ3) is 0.973. The zero-order valence-corrected chi connectivity index (χ0v) is 6.09. The van der Waals surface area contributed by atoms with Crippen LogP contribution in [0.4, 0.5) is 0 Å². The van der Waals surface area contributed by atoms with Gasteiger partial charge in [-0.3, -0.25) is 4.79 Å². The molecule has 0 saturated carbocycles. The molecular weight excluding hydrogens is 142 g/mol. The van der Waals surface area contributed by atoms with Gasteiger partial charge in [0, 0.05) is 29.4 Å². The molecule has 0 saturated heterocycles. The Bertz CT molecular complexity index is 278. The van der Waals surface area contributed by atoms with Crippen molar-refractivity contribution in [2.24, 2.45) is 0 Å². The highest BCUT2D eigenvalue weighted by atomic mass is 16.5. The molecule has 3 heteroatoms. The fraction of sp³-hybridized carbons (Fsp3) is 0.375. The molecule has 0 unspecified atom stereocenters. The maximum absolute atomic E-state index is 10.5. The van der Waals surface area contributed by atoms with Crippen molar-refractivity contribution in [3.63, 3.8) is 0 Å². The second-order valence-electron chi connectivity index (χ2n) is 2.62. The van der Waals surface area contributed by atoms with Crippen LogP contribution in [0.3, 0.4) is 0 Å². The Morgan fingerprint density at radius 2 is 2.55 bits per heavy atom. The number of hydrogen-bond donors (Lipinski definition) is 1. The highest BCUT2D eigenvalue weighted by Gasteiger charge is 2.14. The summed E-state index contributed by atoms with van der Waals surface area (Å²) in [6, 6.07) is 0. The van der Waals surface area contributed by atoms with E-state index in [1.54, 1.807) is 6.20 Å². The number of H-pyrrole nitrogens is 1. The Morgan fingerprint density at radius 3 is 3.36 bits per heavy atom. The molecule has 1 aliphatic heterocycles. The fourth-order valence-corrected chi connectivity index (χ4v) is 1.36. The van der Waals surface area contributed by atoms with Gasteiger partial charge in [0.25, 0.3) is 0 Å². The van der Waals surface area contributed by atoms with Crippen LogP contribution in [0.25, 0.3) is 0 Å². The predicted octanol–water partition coefficient (Wildman–Crippen LogP) is 0.900. The van der Waals surface area contributed by atoms with E-state index in [-0.39, 0.29) is 0 Å². The number of ether oxygens (including phenoxy) is 1. The average molecular weight is 151 g/mol. The van der Waals surface area contributed by atoms with E-state index in [1.165, 1.54) is 0 Å². The van der Waals surface area contributed by atoms with Crippen molar-refractivity contribution in [2.45, 2.75) is 13.0 Å². The van der Waals surface area contributed by atoms with Crippen molar-refractivity contribution in [1.82, 2.24) is 4.98 Å². The highest BCUT2D eigenvalue weighted by molar-refractivity contribution is 5.77. The minimum atomic E-state index is 0.576. The van der Waals surface area contributed by atoms with E-state index >= 15 is 0 Å². The number of aromatic nitrogens is 1. The Balaban J connectivity index is 2.45. The van der Waals surface area contributed by atoms with E-state index in [4.69, 9.17) is 4.74 Å². The van der Waals surface area contributed by atoms with Crippen molar-refractivity contribution in [3.8, 4) is 0 Å². The van der Waals surface area contributed by atoms with Crippen LogP contribution in [0.5, 0.6) is 0 Å². The van der Waals surface area contributed by atoms with Gasteiger partial charge in [0.1, 0.15) is 0 Å². The molecule has 0 radical (unpaired) electrons. The number of nitrogens with one attached hydrogen (secondary N) is 1. The number of aromatic amines is 1. The van der Waals surface area contributed by atoms with E-state index < -0.39 is 0 Å². The molecule has 1 aromatic rings. The standard InChI is InChI=1S/C8H9NO2/c10-4-6-3-9-8-1-2-11-5-7(6)8/h3-4,9H,1-2,5H2. The molecule has 11 heavy (non-hydrogen) atoms. The second-order valence-corrected chi connectivity index (χ2v) is 2.62. The van der Waals surface area contributed by atoms with Crippen LogP contribution in [-0.2, 0) is 17.8 Å². The zero-order valence-electron chi connectivity index (χ0n) is 6.09. The Hall–Kier alpha value is -1.09. The second kappa shape index (κ2) is 2.51. The molecule has 0 spiro atoms. The van der Waals surface area contributed by atoms with Crippen molar-refractivity contribution < 1.29 is 9.53 Å². The minimum Gasteiger partial charge on any atom is -0.376 e. The molecule has 1 aliphatic rings. The molecule has 2 heterocycles. The normalized spacial score (nSPS) is 16.0. The van der Waals surface area contributed by atoms with Gasteiger partial charge < -0.3 is 9.72 Å². The molecular formula is C8H9NO2. The molecule has 1 aromatic heterocycles. The zero-order chi connectivity index (χ0) is 7.68. The smallest absolute Gasteiger partial charge is 0.151 e. The molecule has 0 fully saturated rings. The molecule has 0 atom stereocenters. The molecule has 2 rings (SSSR count). The van der Waals surface area contributed by atoms with Gasteiger partial charge >= 0.3 is 0 Å². The Kier molecular flexibility index (Phi) is 1.51. The number of hydrogen-bond acceptors (Lipinski definition) is 2. The molecule has 1 N–H and O–H groups in total. The first-order chi connectivity index (χ1) is 5.42. The van der Waals surface area contributed by atoms with Crippen LogP contribution in [0.15, 0.2) is 6.20 Å². The largest absolute Gasteiger partial charge is 0.376 e. The van der Waals surface area contributed by atoms with Gasteiger partial charge in [-0.15, -0.1) is 0 Å². The maximum atomic E-state index is 10.5. The summed E-state index contributed by atoms with van der Waals surface area (Å²) < 4.78 is 5.22. The van der Waals surface area contributed by atoms with Gasteiger partial charge in [0.2, 0.25) is 0 Å². The van der Waals surface area contributed by atoms with Gasteiger partial charge in [-0.05, 0) is 0 Å². The highest BCUT2D eigenvalue weighted by Crippen LogP contribution is 2.18. The van der Waals surface area contributed by atoms with Crippen LogP contribution in [0, 0.1) is 0 Å². The summed E-state index contributed by atoms with van der Waals surface area (Å²) in [6.45, 7) is 1.33. The van der Waals surface area contributed by atoms with Crippen molar-refractivity contribution in [2.75, 3.05) is 6.61 Å². The molecule has 58 valence electrons. The monoisotopic (exact) mass is 151 g/mol. The third-order valence-electron chi connectivity index (χ3n) is 1.98. The molecule has 0 bridgehead atoms. The fourth-order valence-electron chi connectivity index (χ4n) is 1.36. The molecule has 0 amide bonds. The number of carbonyl (C=O) groups excluding carboxylic acids is 1. The first-order valence-corrected chi connectivity index (χ1v) is 3.64. The van der Waals surface area contributed by atoms with Crippen LogP contribution in [-0.4, -0.2) is 17.9 Å². The van der Waals surface area contributed by atoms with Gasteiger partial charge in [0.05, 0.1) is 13.2 Å². The number of rotatable bonds is 1. The molecule has 3 nitrogen and oxygen atoms in total. The first kappa shape index (κ1) is 6.61. The van der Waals surface area contributed by atoms with E-state index in [9.17, 15) is 4.79 Å². The predicted molar refractivity (Wildman–Crippen MR) is 39.5 cm³/mol. The van der Waals surface area contributed by atoms with Gasteiger partial charge in [-0.2, -0.15) is 0 Å². The molecule has 0 aliphatic carbocycles. The maximum Gasteiger partial charge on any atom is 0.151 e. The lowest BCUT2D eigenvalue weighted by Gasteiger charge is -2.11. The Morgan fingerprint density at radius 1 is 1.64 bits per heavy atom. The van der Waals surface area contributed by atoms with Gasteiger partial charge in [-0.1, -0.05) is 0 Å². The summed E-state index contributed by atoms with van der Waals surface area (Å²) in [7, 11) is 0. The minimum absolute atomic E-state index is 0.576. The summed E-state index contributed by atoms with van der Waals surface area (Å²) >= 11 is 0. The van der Waals surface area contributed by atoms with Crippen LogP contribution in [0.2, 0.25) is 0 Å². The van der Waals surface area contributed by atoms with Crippen molar-refractivity contribution in [3.05, 3.63) is 23.0 Å². The van der Waals surface area contributed by atoms with E-state index in [1.807, 2.05) is 0 Å². The Labute approximate surface area is 64.4 Å². The van der Waals surface area contributed by atoms with Crippen molar-refractivity contribution in [1.29, 1.82) is 0 Å². The topological polar surface area (TPSA) is 42.1 Å². The number of fused-ring (bicyclic) bond motifs is 1. The first-order valence-electron chi connectivity index (χ1n) is 3.64. The van der Waals surface area contributed by atoms with Gasteiger partial charge in [0.15, 0.2) is 6.29 Å².